The molecule has 2 aromatic carbocycles. The zero-order valence-electron chi connectivity index (χ0n) is 30.1. The van der Waals surface area contributed by atoms with Crippen LogP contribution in [0.5, 0.6) is 23.0 Å². The first kappa shape index (κ1) is 38.4. The number of rotatable bonds is 17. The Bertz CT molecular complexity index is 2270. The second-order valence-corrected chi connectivity index (χ2v) is 14.3. The van der Waals surface area contributed by atoms with Gasteiger partial charge in [0, 0.05) is 24.2 Å². The Hall–Kier alpha value is -6.31. The summed E-state index contributed by atoms with van der Waals surface area (Å²) in [4.78, 5) is 42.5. The van der Waals surface area contributed by atoms with E-state index in [1.807, 2.05) is 48.0 Å². The van der Waals surface area contributed by atoms with Crippen molar-refractivity contribution >= 4 is 52.5 Å². The number of aliphatic carboxylic acids is 1. The van der Waals surface area contributed by atoms with Gasteiger partial charge in [0.05, 0.1) is 28.0 Å². The van der Waals surface area contributed by atoms with Crippen LogP contribution in [-0.4, -0.2) is 88.1 Å². The molecule has 0 bridgehead atoms. The number of thiophene rings is 2. The second-order valence-electron chi connectivity index (χ2n) is 12.4. The number of likely N-dealkylation sites (N-methyl/N-ethyl adjacent to an activating group) is 1. The highest BCUT2D eigenvalue weighted by molar-refractivity contribution is 7.13. The highest BCUT2D eigenvalue weighted by Crippen LogP contribution is 2.34. The summed E-state index contributed by atoms with van der Waals surface area (Å²) in [6.07, 6.45) is 0. The Morgan fingerprint density at radius 2 is 1.42 bits per heavy atom. The molecule has 0 aliphatic carbocycles. The van der Waals surface area contributed by atoms with Gasteiger partial charge in [0.25, 0.3) is 23.6 Å². The maximum atomic E-state index is 13.6. The third-order valence-corrected chi connectivity index (χ3v) is 9.36. The number of carbonyl (C=O) groups excluding carboxylic acids is 2. The van der Waals surface area contributed by atoms with Gasteiger partial charge >= 0.3 is 18.0 Å². The molecule has 0 aliphatic rings. The minimum atomic E-state index is -1.61. The third-order valence-electron chi connectivity index (χ3n) is 7.65. The van der Waals surface area contributed by atoms with Crippen LogP contribution in [0.3, 0.4) is 0 Å². The van der Waals surface area contributed by atoms with E-state index < -0.39 is 23.4 Å². The van der Waals surface area contributed by atoms with Crippen LogP contribution in [0.1, 0.15) is 40.1 Å². The average Bonchev–Trinajstić information content (AvgIpc) is 3.99. The highest BCUT2D eigenvalue weighted by atomic mass is 32.1. The molecule has 0 saturated heterocycles. The van der Waals surface area contributed by atoms with Crippen LogP contribution >= 0.6 is 22.7 Å². The Kier molecular flexibility index (Phi) is 11.7. The number of hydrogen-bond acceptors (Lipinski definition) is 16. The summed E-state index contributed by atoms with van der Waals surface area (Å²) in [6, 6.07) is 14.3. The maximum absolute atomic E-state index is 13.6. The fourth-order valence-corrected chi connectivity index (χ4v) is 6.07. The number of nitrogens with zero attached hydrogens (tertiary/aromatic N) is 5. The molecule has 0 atom stereocenters. The zero-order valence-corrected chi connectivity index (χ0v) is 31.8. The fourth-order valence-electron chi connectivity index (χ4n) is 4.78. The molecule has 0 fully saturated rings. The topological polar surface area (TPSA) is 214 Å². The average molecular weight is 790 g/mol. The van der Waals surface area contributed by atoms with Gasteiger partial charge in [0.15, 0.2) is 5.60 Å². The summed E-state index contributed by atoms with van der Waals surface area (Å²) in [7, 11) is 5.20. The van der Waals surface area contributed by atoms with Gasteiger partial charge in [-0.05, 0) is 69.0 Å². The van der Waals surface area contributed by atoms with E-state index in [1.165, 1.54) is 67.9 Å². The van der Waals surface area contributed by atoms with Gasteiger partial charge in [0.2, 0.25) is 0 Å². The number of aromatic nitrogens is 4. The molecule has 0 unspecified atom stereocenters. The largest absolute Gasteiger partial charge is 0.496 e. The fraction of sp³-hybridized carbons (Fsp3) is 0.250. The van der Waals surface area contributed by atoms with Gasteiger partial charge < -0.3 is 37.8 Å². The lowest BCUT2D eigenvalue weighted by molar-refractivity contribution is -0.152. The summed E-state index contributed by atoms with van der Waals surface area (Å²) >= 11 is 2.80. The molecule has 3 N–H and O–H groups in total. The number of amides is 2. The summed E-state index contributed by atoms with van der Waals surface area (Å²) in [5.41, 5.74) is -1.10. The molecule has 0 saturated carbocycles. The van der Waals surface area contributed by atoms with E-state index in [9.17, 15) is 19.5 Å². The lowest BCUT2D eigenvalue weighted by Crippen LogP contribution is -2.37. The summed E-state index contributed by atoms with van der Waals surface area (Å²) in [5, 5.41) is 34.4. The number of hydrogen-bond donors (Lipinski definition) is 3. The van der Waals surface area contributed by atoms with E-state index in [-0.39, 0.29) is 65.4 Å². The van der Waals surface area contributed by atoms with E-state index in [0.29, 0.717) is 17.9 Å². The van der Waals surface area contributed by atoms with Crippen LogP contribution < -0.4 is 29.6 Å². The van der Waals surface area contributed by atoms with E-state index in [4.69, 9.17) is 27.8 Å². The number of carbonyl (C=O) groups is 3. The van der Waals surface area contributed by atoms with Crippen LogP contribution in [-0.2, 0) is 11.4 Å². The number of methoxy groups -OCH3 is 1. The molecule has 6 rings (SSSR count). The van der Waals surface area contributed by atoms with Gasteiger partial charge in [-0.25, -0.2) is 4.79 Å². The molecular weight excluding hydrogens is 755 g/mol. The smallest absolute Gasteiger partial charge is 0.347 e. The Balaban J connectivity index is 1.30. The molecule has 4 heterocycles. The van der Waals surface area contributed by atoms with Gasteiger partial charge in [-0.1, -0.05) is 22.3 Å². The first-order valence-corrected chi connectivity index (χ1v) is 18.2. The lowest BCUT2D eigenvalue weighted by atomic mass is 10.1. The molecule has 4 aromatic heterocycles. The van der Waals surface area contributed by atoms with Crippen molar-refractivity contribution < 1.29 is 47.3 Å². The molecule has 55 heavy (non-hydrogen) atoms. The number of carboxylic acid groups (broad SMARTS) is 1. The maximum Gasteiger partial charge on any atom is 0.347 e. The van der Waals surface area contributed by atoms with Crippen molar-refractivity contribution in [3.63, 3.8) is 0 Å². The number of ether oxygens (including phenoxy) is 4. The van der Waals surface area contributed by atoms with Gasteiger partial charge in [0.1, 0.15) is 36.2 Å². The van der Waals surface area contributed by atoms with Crippen molar-refractivity contribution in [2.24, 2.45) is 0 Å². The summed E-state index contributed by atoms with van der Waals surface area (Å²) in [5.74, 6) is -1.39. The molecule has 0 spiro atoms. The van der Waals surface area contributed by atoms with Gasteiger partial charge in [-0.15, -0.1) is 32.9 Å². The van der Waals surface area contributed by atoms with E-state index in [0.717, 1.165) is 9.75 Å². The van der Waals surface area contributed by atoms with Crippen molar-refractivity contribution in [1.29, 1.82) is 0 Å². The predicted octanol–water partition coefficient (Wildman–Crippen LogP) is 6.18. The van der Waals surface area contributed by atoms with Crippen LogP contribution in [0.15, 0.2) is 74.2 Å². The first-order valence-electron chi connectivity index (χ1n) is 16.5. The molecule has 6 aromatic rings. The number of anilines is 2. The molecule has 0 radical (unpaired) electrons. The van der Waals surface area contributed by atoms with Crippen molar-refractivity contribution in [1.82, 2.24) is 25.3 Å². The highest BCUT2D eigenvalue weighted by Gasteiger charge is 2.30. The van der Waals surface area contributed by atoms with Crippen LogP contribution in [0.2, 0.25) is 0 Å². The Labute approximate surface area is 321 Å². The molecule has 286 valence electrons. The number of carboxylic acids is 1. The standard InChI is InChI=1S/C36H35N7O10S2/c1-36(2,33(46)47)53-21-10-11-22(29(44)37-34-41-39-31(51-34)27-8-6-14-54-27)26(17-21)50-19-20-16-23(25(48-5)18-24(20)49-13-12-43(3)4)30(45)38-35-42-40-32(52-35)28-9-7-15-55-28/h6-11,14-18H,12-13,19H2,1-5H3,(H,46,47)(H,37,41,44)(H,38,42,45). The van der Waals surface area contributed by atoms with E-state index in [1.54, 1.807) is 12.1 Å². The molecular formula is C36H35N7O10S2. The minimum Gasteiger partial charge on any atom is -0.496 e. The first-order chi connectivity index (χ1) is 26.4. The van der Waals surface area contributed by atoms with Crippen molar-refractivity contribution in [3.05, 3.63) is 82.0 Å². The van der Waals surface area contributed by atoms with Crippen molar-refractivity contribution in [2.75, 3.05) is 45.0 Å². The third kappa shape index (κ3) is 9.44. The number of nitrogens with one attached hydrogen (secondary N) is 2. The quantitative estimate of drug-likeness (QED) is 0.0941. The second kappa shape index (κ2) is 16.8. The molecule has 19 heteroatoms. The Morgan fingerprint density at radius 3 is 1.96 bits per heavy atom. The molecule has 17 nitrogen and oxygen atoms in total. The number of benzene rings is 2. The zero-order chi connectivity index (χ0) is 39.1. The van der Waals surface area contributed by atoms with Crippen LogP contribution in [0.25, 0.3) is 21.5 Å². The predicted molar refractivity (Wildman–Crippen MR) is 201 cm³/mol. The van der Waals surface area contributed by atoms with Crippen molar-refractivity contribution in [3.8, 4) is 44.5 Å². The SMILES string of the molecule is COc1cc(OCCN(C)C)c(COc2cc(OC(C)(C)C(=O)O)ccc2C(=O)Nc2nnc(-c3cccs3)o2)cc1C(=O)Nc1nnc(-c2cccs2)o1. The van der Waals surface area contributed by atoms with Crippen LogP contribution in [0, 0.1) is 0 Å². The lowest BCUT2D eigenvalue weighted by Gasteiger charge is -2.22. The van der Waals surface area contributed by atoms with E-state index in [2.05, 4.69) is 31.0 Å². The van der Waals surface area contributed by atoms with Gasteiger partial charge in [-0.2, -0.15) is 0 Å². The van der Waals surface area contributed by atoms with Gasteiger partial charge in [-0.3, -0.25) is 20.2 Å². The Morgan fingerprint density at radius 1 is 0.800 bits per heavy atom. The normalized spacial score (nSPS) is 11.3. The summed E-state index contributed by atoms with van der Waals surface area (Å²) < 4.78 is 35.0. The monoisotopic (exact) mass is 789 g/mol. The molecule has 2 amide bonds. The summed E-state index contributed by atoms with van der Waals surface area (Å²) in [6.45, 7) is 3.38. The molecule has 0 aliphatic heterocycles. The minimum absolute atomic E-state index is 0.00205. The van der Waals surface area contributed by atoms with Crippen molar-refractivity contribution in [2.45, 2.75) is 26.1 Å². The van der Waals surface area contributed by atoms with Crippen LogP contribution in [0.4, 0.5) is 12.0 Å². The van der Waals surface area contributed by atoms with E-state index >= 15 is 0 Å².